The minimum Gasteiger partial charge on any atom is -0.489 e. The number of allylic oxidation sites excluding steroid dienone is 2. The second kappa shape index (κ2) is 8.11. The van der Waals surface area contributed by atoms with Crippen LogP contribution >= 0.6 is 0 Å². The highest BCUT2D eigenvalue weighted by Crippen LogP contribution is 2.24. The van der Waals surface area contributed by atoms with E-state index in [1.807, 2.05) is 38.1 Å². The maximum atomic E-state index is 5.96. The number of anilines is 1. The predicted molar refractivity (Wildman–Crippen MR) is 94.9 cm³/mol. The van der Waals surface area contributed by atoms with Crippen molar-refractivity contribution in [3.05, 3.63) is 47.9 Å². The van der Waals surface area contributed by atoms with E-state index < -0.39 is 0 Å². The van der Waals surface area contributed by atoms with Gasteiger partial charge in [-0.2, -0.15) is 0 Å². The number of hydrogen-bond donors (Lipinski definition) is 2. The van der Waals surface area contributed by atoms with Gasteiger partial charge in [-0.3, -0.25) is 0 Å². The van der Waals surface area contributed by atoms with E-state index in [1.165, 1.54) is 0 Å². The van der Waals surface area contributed by atoms with Crippen LogP contribution in [-0.2, 0) is 9.47 Å². The number of benzene rings is 1. The third-order valence-electron chi connectivity index (χ3n) is 3.97. The molecule has 0 saturated heterocycles. The largest absolute Gasteiger partial charge is 0.489 e. The fourth-order valence-corrected chi connectivity index (χ4v) is 2.81. The lowest BCUT2D eigenvalue weighted by atomic mass is 10.1. The molecule has 3 rings (SSSR count). The molecule has 2 atom stereocenters. The summed E-state index contributed by atoms with van der Waals surface area (Å²) in [6.45, 7) is 5.68. The Kier molecular flexibility index (Phi) is 5.64. The van der Waals surface area contributed by atoms with E-state index in [-0.39, 0.29) is 12.2 Å². The van der Waals surface area contributed by atoms with E-state index in [9.17, 15) is 0 Å². The van der Waals surface area contributed by atoms with Gasteiger partial charge in [-0.25, -0.2) is 0 Å². The Hall–Kier alpha value is -2.14. The summed E-state index contributed by atoms with van der Waals surface area (Å²) in [6.07, 6.45) is 6.35. The number of ether oxygens (including phenoxy) is 3. The van der Waals surface area contributed by atoms with Gasteiger partial charge < -0.3 is 24.8 Å². The normalized spacial score (nSPS) is 25.1. The first-order valence-corrected chi connectivity index (χ1v) is 8.61. The zero-order valence-corrected chi connectivity index (χ0v) is 14.4. The van der Waals surface area contributed by atoms with Crippen molar-refractivity contribution in [1.29, 1.82) is 0 Å². The summed E-state index contributed by atoms with van der Waals surface area (Å²) in [5.41, 5.74) is 2.00. The quantitative estimate of drug-likeness (QED) is 0.763. The van der Waals surface area contributed by atoms with Crippen LogP contribution in [-0.4, -0.2) is 32.1 Å². The molecule has 1 aromatic carbocycles. The Balaban J connectivity index is 1.76. The summed E-state index contributed by atoms with van der Waals surface area (Å²) in [4.78, 5) is 0. The minimum atomic E-state index is -0.00642. The van der Waals surface area contributed by atoms with Gasteiger partial charge in [0, 0.05) is 0 Å². The molecule has 130 valence electrons. The van der Waals surface area contributed by atoms with E-state index in [1.54, 1.807) is 0 Å². The second-order valence-electron chi connectivity index (χ2n) is 6.17. The monoisotopic (exact) mass is 330 g/mol. The average Bonchev–Trinajstić information content (AvgIpc) is 2.59. The van der Waals surface area contributed by atoms with Crippen LogP contribution in [0.25, 0.3) is 0 Å². The zero-order valence-electron chi connectivity index (χ0n) is 14.4. The maximum absolute atomic E-state index is 5.96. The van der Waals surface area contributed by atoms with Crippen molar-refractivity contribution < 1.29 is 14.2 Å². The fraction of sp³-hybridized carbons (Fsp3) is 0.474. The van der Waals surface area contributed by atoms with Gasteiger partial charge in [0.25, 0.3) is 0 Å². The molecule has 0 amide bonds. The van der Waals surface area contributed by atoms with Crippen LogP contribution in [0.15, 0.2) is 47.9 Å². The third kappa shape index (κ3) is 4.45. The molecule has 0 bridgehead atoms. The van der Waals surface area contributed by atoms with Crippen LogP contribution in [0, 0.1) is 0 Å². The fourth-order valence-electron chi connectivity index (χ4n) is 2.81. The Morgan fingerprint density at radius 3 is 2.54 bits per heavy atom. The van der Waals surface area contributed by atoms with E-state index in [0.29, 0.717) is 19.9 Å². The zero-order chi connectivity index (χ0) is 16.8. The highest BCUT2D eigenvalue weighted by Gasteiger charge is 2.16. The third-order valence-corrected chi connectivity index (χ3v) is 3.97. The van der Waals surface area contributed by atoms with Gasteiger partial charge in [-0.15, -0.1) is 0 Å². The van der Waals surface area contributed by atoms with Crippen LogP contribution < -0.4 is 15.4 Å². The van der Waals surface area contributed by atoms with Crippen molar-refractivity contribution in [2.24, 2.45) is 0 Å². The minimum absolute atomic E-state index is 0.00369. The summed E-state index contributed by atoms with van der Waals surface area (Å²) < 4.78 is 17.8. The predicted octanol–water partition coefficient (Wildman–Crippen LogP) is 3.41. The molecule has 0 saturated carbocycles. The second-order valence-corrected chi connectivity index (χ2v) is 6.17. The molecule has 5 nitrogen and oxygen atoms in total. The van der Waals surface area contributed by atoms with Crippen molar-refractivity contribution in [3.63, 3.8) is 0 Å². The van der Waals surface area contributed by atoms with Gasteiger partial charge in [-0.1, -0.05) is 18.2 Å². The maximum Gasteiger partial charge on any atom is 0.142 e. The van der Waals surface area contributed by atoms with Crippen LogP contribution in [0.1, 0.15) is 26.7 Å². The van der Waals surface area contributed by atoms with Crippen molar-refractivity contribution in [2.75, 3.05) is 25.2 Å². The first-order valence-electron chi connectivity index (χ1n) is 8.61. The van der Waals surface area contributed by atoms with Gasteiger partial charge in [0.1, 0.15) is 24.7 Å². The molecular weight excluding hydrogens is 304 g/mol. The molecule has 1 heterocycles. The molecule has 2 N–H and O–H groups in total. The molecular formula is C19H26N2O3. The lowest BCUT2D eigenvalue weighted by molar-refractivity contribution is -0.0436. The first kappa shape index (κ1) is 16.7. The molecule has 0 spiro atoms. The average molecular weight is 330 g/mol. The summed E-state index contributed by atoms with van der Waals surface area (Å²) in [5.74, 6) is 1.75. The van der Waals surface area contributed by atoms with Crippen LogP contribution in [0.4, 0.5) is 5.69 Å². The van der Waals surface area contributed by atoms with E-state index in [0.717, 1.165) is 35.7 Å². The summed E-state index contributed by atoms with van der Waals surface area (Å²) in [5, 5.41) is 6.77. The Morgan fingerprint density at radius 2 is 1.67 bits per heavy atom. The molecule has 24 heavy (non-hydrogen) atoms. The highest BCUT2D eigenvalue weighted by atomic mass is 16.6. The van der Waals surface area contributed by atoms with Crippen LogP contribution in [0.5, 0.6) is 5.75 Å². The molecule has 0 fully saturated rings. The topological polar surface area (TPSA) is 51.8 Å². The summed E-state index contributed by atoms with van der Waals surface area (Å²) in [6, 6.07) is 7.95. The van der Waals surface area contributed by atoms with Gasteiger partial charge in [0.2, 0.25) is 0 Å². The lowest BCUT2D eigenvalue weighted by Gasteiger charge is -2.25. The van der Waals surface area contributed by atoms with Gasteiger partial charge in [-0.05, 0) is 44.9 Å². The van der Waals surface area contributed by atoms with Crippen LogP contribution in [0.2, 0.25) is 0 Å². The van der Waals surface area contributed by atoms with Crippen LogP contribution in [0.3, 0.4) is 0 Å². The number of fused-ring (bicyclic) bond motifs is 2. The van der Waals surface area contributed by atoms with Crippen molar-refractivity contribution in [3.8, 4) is 5.75 Å². The Labute approximate surface area is 143 Å². The molecule has 1 aliphatic heterocycles. The molecule has 0 radical (unpaired) electrons. The molecule has 1 aromatic rings. The van der Waals surface area contributed by atoms with Crippen molar-refractivity contribution in [1.82, 2.24) is 5.32 Å². The Morgan fingerprint density at radius 1 is 0.917 bits per heavy atom. The Bertz CT molecular complexity index is 612. The molecule has 0 aromatic heterocycles. The van der Waals surface area contributed by atoms with E-state index in [2.05, 4.69) is 22.8 Å². The molecule has 2 aliphatic rings. The number of hydrogen-bond acceptors (Lipinski definition) is 5. The van der Waals surface area contributed by atoms with Crippen molar-refractivity contribution >= 4 is 5.69 Å². The smallest absolute Gasteiger partial charge is 0.142 e. The number of nitrogens with one attached hydrogen (secondary N) is 2. The highest BCUT2D eigenvalue weighted by molar-refractivity contribution is 5.56. The lowest BCUT2D eigenvalue weighted by Crippen LogP contribution is -2.29. The van der Waals surface area contributed by atoms with Gasteiger partial charge in [0.05, 0.1) is 30.3 Å². The number of para-hydroxylation sites is 2. The number of rotatable bonds is 0. The van der Waals surface area contributed by atoms with Crippen molar-refractivity contribution in [2.45, 2.75) is 38.9 Å². The van der Waals surface area contributed by atoms with Gasteiger partial charge in [0.15, 0.2) is 0 Å². The molecule has 5 heteroatoms. The summed E-state index contributed by atoms with van der Waals surface area (Å²) >= 11 is 0. The van der Waals surface area contributed by atoms with E-state index in [4.69, 9.17) is 14.2 Å². The van der Waals surface area contributed by atoms with E-state index >= 15 is 0 Å². The molecule has 1 aliphatic carbocycles. The van der Waals surface area contributed by atoms with Gasteiger partial charge >= 0.3 is 0 Å². The molecule has 2 unspecified atom stereocenters. The summed E-state index contributed by atoms with van der Waals surface area (Å²) in [7, 11) is 0. The first-order chi connectivity index (χ1) is 11.7. The standard InChI is InChI=1S/C19H26N2O3/c1-14-11-22-18-9-5-3-7-16(18)20-13-21-17-8-4-6-10-19(17)23-12-15(2)24-14/h3,5,7-10,14-15,20-21H,4,6,11-13H2,1-2H3. The SMILES string of the molecule is CC1COC2=CCCC=C2NCNc2ccccc2OCC(C)O1.